The number of amides is 2. The highest BCUT2D eigenvalue weighted by atomic mass is 16.2. The van der Waals surface area contributed by atoms with Crippen LogP contribution in [0, 0.1) is 0 Å². The first kappa shape index (κ1) is 18.0. The van der Waals surface area contributed by atoms with Crippen LogP contribution >= 0.6 is 0 Å². The number of hydrogen-bond acceptors (Lipinski definition) is 6. The molecule has 1 aromatic heterocycles. The summed E-state index contributed by atoms with van der Waals surface area (Å²) in [4.78, 5) is 37.8. The van der Waals surface area contributed by atoms with E-state index in [4.69, 9.17) is 0 Å². The Bertz CT molecular complexity index is 844. The Hall–Kier alpha value is -2.78. The van der Waals surface area contributed by atoms with Crippen LogP contribution in [0.2, 0.25) is 0 Å². The van der Waals surface area contributed by atoms with Crippen LogP contribution in [0.25, 0.3) is 10.8 Å². The smallest absolute Gasteiger partial charge is 0.309 e. The van der Waals surface area contributed by atoms with Crippen molar-refractivity contribution in [2.24, 2.45) is 0 Å². The monoisotopic (exact) mass is 358 g/mol. The number of piperazine rings is 1. The molecule has 9 nitrogen and oxygen atoms in total. The van der Waals surface area contributed by atoms with Gasteiger partial charge in [-0.15, -0.1) is 0 Å². The number of H-pyrrole nitrogens is 1. The van der Waals surface area contributed by atoms with Gasteiger partial charge in [0.1, 0.15) is 0 Å². The predicted molar refractivity (Wildman–Crippen MR) is 96.5 cm³/mol. The van der Waals surface area contributed by atoms with Gasteiger partial charge in [-0.05, 0) is 6.07 Å². The Morgan fingerprint density at radius 3 is 2.54 bits per heavy atom. The molecule has 1 fully saturated rings. The van der Waals surface area contributed by atoms with E-state index in [1.165, 1.54) is 0 Å². The fraction of sp³-hybridized carbons (Fsp3) is 0.412. The van der Waals surface area contributed by atoms with Crippen LogP contribution < -0.4 is 21.5 Å². The first-order valence-corrected chi connectivity index (χ1v) is 8.60. The summed E-state index contributed by atoms with van der Waals surface area (Å²) in [6.07, 6.45) is 0. The number of carbonyl (C=O) groups is 2. The van der Waals surface area contributed by atoms with Gasteiger partial charge in [0.15, 0.2) is 0 Å². The molecular weight excluding hydrogens is 336 g/mol. The Balaban J connectivity index is 1.50. The molecule has 4 N–H and O–H groups in total. The lowest BCUT2D eigenvalue weighted by Gasteiger charge is -2.26. The molecule has 138 valence electrons. The second-order valence-electron chi connectivity index (χ2n) is 6.08. The predicted octanol–water partition coefficient (Wildman–Crippen LogP) is -1.44. The molecule has 1 aromatic carbocycles. The molecule has 1 aliphatic rings. The van der Waals surface area contributed by atoms with Crippen LogP contribution in [0.15, 0.2) is 29.1 Å². The molecule has 0 bridgehead atoms. The Labute approximate surface area is 150 Å². The van der Waals surface area contributed by atoms with Crippen molar-refractivity contribution in [3.63, 3.8) is 0 Å². The van der Waals surface area contributed by atoms with Gasteiger partial charge in [-0.3, -0.25) is 19.3 Å². The third-order valence-electron chi connectivity index (χ3n) is 4.32. The van der Waals surface area contributed by atoms with Gasteiger partial charge in [0.05, 0.1) is 17.6 Å². The van der Waals surface area contributed by atoms with Gasteiger partial charge < -0.3 is 16.0 Å². The van der Waals surface area contributed by atoms with Crippen LogP contribution in [0.3, 0.4) is 0 Å². The summed E-state index contributed by atoms with van der Waals surface area (Å²) in [5.74, 6) is -1.39. The summed E-state index contributed by atoms with van der Waals surface area (Å²) in [5.41, 5.74) is 0.212. The molecule has 0 unspecified atom stereocenters. The van der Waals surface area contributed by atoms with Crippen molar-refractivity contribution in [1.29, 1.82) is 0 Å². The van der Waals surface area contributed by atoms with Gasteiger partial charge in [-0.2, -0.15) is 5.10 Å². The molecule has 0 atom stereocenters. The van der Waals surface area contributed by atoms with Crippen molar-refractivity contribution in [3.05, 3.63) is 40.3 Å². The second kappa shape index (κ2) is 8.54. The second-order valence-corrected chi connectivity index (χ2v) is 6.08. The number of nitrogens with zero attached hydrogens (tertiary/aromatic N) is 2. The van der Waals surface area contributed by atoms with Gasteiger partial charge in [-0.1, -0.05) is 18.2 Å². The van der Waals surface area contributed by atoms with Crippen LogP contribution in [-0.4, -0.2) is 66.2 Å². The van der Waals surface area contributed by atoms with E-state index >= 15 is 0 Å². The van der Waals surface area contributed by atoms with Gasteiger partial charge in [-0.25, -0.2) is 5.10 Å². The highest BCUT2D eigenvalue weighted by Crippen LogP contribution is 2.11. The van der Waals surface area contributed by atoms with E-state index in [-0.39, 0.29) is 12.1 Å². The molecule has 0 spiro atoms. The number of benzene rings is 1. The van der Waals surface area contributed by atoms with Crippen molar-refractivity contribution in [2.75, 3.05) is 39.3 Å². The quantitative estimate of drug-likeness (QED) is 0.486. The third-order valence-corrected chi connectivity index (χ3v) is 4.32. The summed E-state index contributed by atoms with van der Waals surface area (Å²) in [7, 11) is 0. The lowest BCUT2D eigenvalue weighted by atomic mass is 10.1. The van der Waals surface area contributed by atoms with E-state index < -0.39 is 11.8 Å². The molecular formula is C17H22N6O3. The maximum Gasteiger partial charge on any atom is 0.309 e. The van der Waals surface area contributed by atoms with Crippen molar-refractivity contribution >= 4 is 22.6 Å². The first-order chi connectivity index (χ1) is 12.6. The molecule has 2 aromatic rings. The average Bonchev–Trinajstić information content (AvgIpc) is 2.68. The van der Waals surface area contributed by atoms with Gasteiger partial charge in [0.25, 0.3) is 5.56 Å². The summed E-state index contributed by atoms with van der Waals surface area (Å²) in [6.45, 7) is 4.95. The molecule has 2 heterocycles. The topological polar surface area (TPSA) is 119 Å². The SMILES string of the molecule is O=C(NCCN1CCNCC1)C(=O)NCc1n[nH]c(=O)c2ccccc12. The zero-order chi connectivity index (χ0) is 18.4. The van der Waals surface area contributed by atoms with E-state index in [1.54, 1.807) is 24.3 Å². The number of nitrogens with one attached hydrogen (secondary N) is 4. The van der Waals surface area contributed by atoms with Crippen LogP contribution in [0.4, 0.5) is 0 Å². The van der Waals surface area contributed by atoms with Crippen LogP contribution in [0.5, 0.6) is 0 Å². The van der Waals surface area contributed by atoms with E-state index in [0.29, 0.717) is 29.6 Å². The third kappa shape index (κ3) is 4.44. The normalized spacial score (nSPS) is 14.9. The Morgan fingerprint density at radius 2 is 1.77 bits per heavy atom. The molecule has 2 amide bonds. The molecule has 0 radical (unpaired) electrons. The minimum atomic E-state index is -0.720. The van der Waals surface area contributed by atoms with Crippen LogP contribution in [-0.2, 0) is 16.1 Å². The standard InChI is InChI=1S/C17H22N6O3/c24-15-13-4-2-1-3-12(13)14(21-22-15)11-20-17(26)16(25)19-7-10-23-8-5-18-6-9-23/h1-4,18H,5-11H2,(H,19,25)(H,20,26)(H,22,24). The van der Waals surface area contributed by atoms with Crippen LogP contribution in [0.1, 0.15) is 5.69 Å². The highest BCUT2D eigenvalue weighted by Gasteiger charge is 2.15. The molecule has 1 aliphatic heterocycles. The average molecular weight is 358 g/mol. The van der Waals surface area contributed by atoms with Gasteiger partial charge >= 0.3 is 11.8 Å². The fourth-order valence-electron chi connectivity index (χ4n) is 2.89. The number of hydrogen-bond donors (Lipinski definition) is 4. The zero-order valence-electron chi connectivity index (χ0n) is 14.4. The van der Waals surface area contributed by atoms with Crippen molar-refractivity contribution in [2.45, 2.75) is 6.54 Å². The van der Waals surface area contributed by atoms with Crippen molar-refractivity contribution in [3.8, 4) is 0 Å². The number of fused-ring (bicyclic) bond motifs is 1. The summed E-state index contributed by atoms with van der Waals surface area (Å²) in [5, 5.41) is 15.9. The summed E-state index contributed by atoms with van der Waals surface area (Å²) in [6, 6.07) is 6.99. The minimum absolute atomic E-state index is 0.0569. The Kier molecular flexibility index (Phi) is 5.92. The lowest BCUT2D eigenvalue weighted by molar-refractivity contribution is -0.139. The molecule has 26 heavy (non-hydrogen) atoms. The lowest BCUT2D eigenvalue weighted by Crippen LogP contribution is -2.47. The number of aromatic amines is 1. The van der Waals surface area contributed by atoms with Gasteiger partial charge in [0, 0.05) is 44.7 Å². The number of aromatic nitrogens is 2. The van der Waals surface area contributed by atoms with E-state index in [9.17, 15) is 14.4 Å². The molecule has 0 saturated carbocycles. The van der Waals surface area contributed by atoms with Crippen molar-refractivity contribution < 1.29 is 9.59 Å². The largest absolute Gasteiger partial charge is 0.347 e. The fourth-order valence-corrected chi connectivity index (χ4v) is 2.89. The first-order valence-electron chi connectivity index (χ1n) is 8.60. The molecule has 9 heteroatoms. The van der Waals surface area contributed by atoms with E-state index in [2.05, 4.69) is 31.0 Å². The van der Waals surface area contributed by atoms with E-state index in [0.717, 1.165) is 26.2 Å². The summed E-state index contributed by atoms with van der Waals surface area (Å²) >= 11 is 0. The molecule has 1 saturated heterocycles. The molecule has 3 rings (SSSR count). The van der Waals surface area contributed by atoms with Gasteiger partial charge in [0.2, 0.25) is 0 Å². The number of carbonyl (C=O) groups excluding carboxylic acids is 2. The maximum absolute atomic E-state index is 12.0. The minimum Gasteiger partial charge on any atom is -0.347 e. The van der Waals surface area contributed by atoms with E-state index in [1.807, 2.05) is 0 Å². The summed E-state index contributed by atoms with van der Waals surface area (Å²) < 4.78 is 0. The molecule has 0 aliphatic carbocycles. The maximum atomic E-state index is 12.0. The Morgan fingerprint density at radius 1 is 1.08 bits per heavy atom. The van der Waals surface area contributed by atoms with Crippen molar-refractivity contribution in [1.82, 2.24) is 31.0 Å². The highest BCUT2D eigenvalue weighted by molar-refractivity contribution is 6.35. The zero-order valence-corrected chi connectivity index (χ0v) is 14.4. The number of rotatable bonds is 5.